The van der Waals surface area contributed by atoms with Crippen LogP contribution in [0.2, 0.25) is 0 Å². The van der Waals surface area contributed by atoms with Crippen molar-refractivity contribution in [3.8, 4) is 6.07 Å². The highest BCUT2D eigenvalue weighted by Crippen LogP contribution is 2.21. The van der Waals surface area contributed by atoms with Gasteiger partial charge in [-0.05, 0) is 25.0 Å². The molecule has 0 bridgehead atoms. The summed E-state index contributed by atoms with van der Waals surface area (Å²) in [6.07, 6.45) is -2.62. The lowest BCUT2D eigenvalue weighted by molar-refractivity contribution is 0.145. The molecule has 0 aliphatic carbocycles. The zero-order valence-electron chi connectivity index (χ0n) is 7.31. The fourth-order valence-electron chi connectivity index (χ4n) is 1.10. The van der Waals surface area contributed by atoms with Crippen LogP contribution in [0.3, 0.4) is 0 Å². The predicted molar refractivity (Wildman–Crippen MR) is 43.4 cm³/mol. The van der Waals surface area contributed by atoms with Crippen LogP contribution in [0, 0.1) is 25.2 Å². The molecule has 13 heavy (non-hydrogen) atoms. The number of aryl methyl sites for hydroxylation is 2. The Bertz CT molecular complexity index is 367. The number of halogens is 2. The highest BCUT2D eigenvalue weighted by molar-refractivity contribution is 5.36. The van der Waals surface area contributed by atoms with Crippen molar-refractivity contribution in [2.75, 3.05) is 0 Å². The number of rotatable bonds is 1. The summed E-state index contributed by atoms with van der Waals surface area (Å²) in [5, 5.41) is 8.56. The van der Waals surface area contributed by atoms with Crippen molar-refractivity contribution < 1.29 is 8.78 Å². The van der Waals surface area contributed by atoms with Crippen molar-refractivity contribution >= 4 is 0 Å². The lowest BCUT2D eigenvalue weighted by Crippen LogP contribution is -1.99. The van der Waals surface area contributed by atoms with E-state index < -0.39 is 6.43 Å². The Morgan fingerprint density at radius 3 is 2.46 bits per heavy atom. The molecule has 0 aromatic carbocycles. The summed E-state index contributed by atoms with van der Waals surface area (Å²) in [5.74, 6) is 0. The molecule has 0 amide bonds. The van der Waals surface area contributed by atoms with Crippen molar-refractivity contribution in [3.63, 3.8) is 0 Å². The summed E-state index contributed by atoms with van der Waals surface area (Å²) in [4.78, 5) is 3.58. The zero-order chi connectivity index (χ0) is 10.0. The molecular weight excluding hydrogens is 174 g/mol. The molecule has 0 atom stereocenters. The SMILES string of the molecule is Cc1cc(C)c(C(F)F)nc1C#N. The van der Waals surface area contributed by atoms with Crippen LogP contribution in [0.25, 0.3) is 0 Å². The van der Waals surface area contributed by atoms with Crippen LogP contribution in [0.1, 0.15) is 28.9 Å². The van der Waals surface area contributed by atoms with E-state index in [0.717, 1.165) is 0 Å². The van der Waals surface area contributed by atoms with Crippen LogP contribution >= 0.6 is 0 Å². The van der Waals surface area contributed by atoms with Gasteiger partial charge < -0.3 is 0 Å². The van der Waals surface area contributed by atoms with E-state index >= 15 is 0 Å². The highest BCUT2D eigenvalue weighted by Gasteiger charge is 2.14. The van der Waals surface area contributed by atoms with Gasteiger partial charge in [0.25, 0.3) is 6.43 Å². The van der Waals surface area contributed by atoms with Crippen molar-refractivity contribution in [1.29, 1.82) is 5.26 Å². The van der Waals surface area contributed by atoms with Gasteiger partial charge >= 0.3 is 0 Å². The Kier molecular flexibility index (Phi) is 2.57. The minimum atomic E-state index is -2.62. The van der Waals surface area contributed by atoms with Crippen molar-refractivity contribution in [3.05, 3.63) is 28.6 Å². The Labute approximate surface area is 74.8 Å². The van der Waals surface area contributed by atoms with Gasteiger partial charge in [0.1, 0.15) is 17.5 Å². The number of aromatic nitrogens is 1. The van der Waals surface area contributed by atoms with Crippen LogP contribution in [-0.2, 0) is 0 Å². The number of nitrogens with zero attached hydrogens (tertiary/aromatic N) is 2. The molecule has 0 fully saturated rings. The first-order valence-corrected chi connectivity index (χ1v) is 3.72. The van der Waals surface area contributed by atoms with Crippen LogP contribution in [-0.4, -0.2) is 4.98 Å². The standard InChI is InChI=1S/C9H8F2N2/c1-5-3-6(2)8(9(10)11)13-7(5)4-12/h3,9H,1-2H3. The molecule has 4 heteroatoms. The third-order valence-corrected chi connectivity index (χ3v) is 1.76. The lowest BCUT2D eigenvalue weighted by atomic mass is 10.1. The van der Waals surface area contributed by atoms with Crippen LogP contribution < -0.4 is 0 Å². The highest BCUT2D eigenvalue weighted by atomic mass is 19.3. The van der Waals surface area contributed by atoms with E-state index in [-0.39, 0.29) is 11.4 Å². The Morgan fingerprint density at radius 1 is 1.38 bits per heavy atom. The van der Waals surface area contributed by atoms with Crippen molar-refractivity contribution in [1.82, 2.24) is 4.98 Å². The molecule has 1 aromatic heterocycles. The lowest BCUT2D eigenvalue weighted by Gasteiger charge is -2.05. The Hall–Kier alpha value is -1.50. The predicted octanol–water partition coefficient (Wildman–Crippen LogP) is 2.51. The number of nitriles is 1. The second-order valence-electron chi connectivity index (χ2n) is 2.77. The monoisotopic (exact) mass is 182 g/mol. The quantitative estimate of drug-likeness (QED) is 0.669. The summed E-state index contributed by atoms with van der Waals surface area (Å²) in [6.45, 7) is 3.23. The van der Waals surface area contributed by atoms with Crippen molar-refractivity contribution in [2.45, 2.75) is 20.3 Å². The Balaban J connectivity index is 3.33. The number of hydrogen-bond acceptors (Lipinski definition) is 2. The summed E-state index contributed by atoms with van der Waals surface area (Å²) in [6, 6.07) is 3.32. The minimum Gasteiger partial charge on any atom is -0.236 e. The Morgan fingerprint density at radius 2 is 2.00 bits per heavy atom. The van der Waals surface area contributed by atoms with Gasteiger partial charge in [0.05, 0.1) is 0 Å². The van der Waals surface area contributed by atoms with Gasteiger partial charge in [-0.15, -0.1) is 0 Å². The van der Waals surface area contributed by atoms with Crippen LogP contribution in [0.15, 0.2) is 6.07 Å². The van der Waals surface area contributed by atoms with Gasteiger partial charge in [0.15, 0.2) is 0 Å². The van der Waals surface area contributed by atoms with Crippen molar-refractivity contribution in [2.24, 2.45) is 0 Å². The maximum atomic E-state index is 12.3. The van der Waals surface area contributed by atoms with Gasteiger partial charge in [-0.3, -0.25) is 0 Å². The summed E-state index contributed by atoms with van der Waals surface area (Å²) in [7, 11) is 0. The van der Waals surface area contributed by atoms with Crippen LogP contribution in [0.5, 0.6) is 0 Å². The molecule has 0 saturated heterocycles. The van der Waals surface area contributed by atoms with Crippen LogP contribution in [0.4, 0.5) is 8.78 Å². The first-order chi connectivity index (χ1) is 6.06. The average molecular weight is 182 g/mol. The molecule has 2 nitrogen and oxygen atoms in total. The van der Waals surface area contributed by atoms with E-state index in [1.54, 1.807) is 26.0 Å². The number of pyridine rings is 1. The molecule has 0 aliphatic rings. The maximum absolute atomic E-state index is 12.3. The molecule has 1 aromatic rings. The molecular formula is C9H8F2N2. The average Bonchev–Trinajstić information content (AvgIpc) is 2.03. The van der Waals surface area contributed by atoms with Gasteiger partial charge in [-0.2, -0.15) is 5.26 Å². The van der Waals surface area contributed by atoms with Gasteiger partial charge in [-0.1, -0.05) is 6.07 Å². The molecule has 1 rings (SSSR count). The molecule has 0 spiro atoms. The minimum absolute atomic E-state index is 0.0703. The smallest absolute Gasteiger partial charge is 0.236 e. The van der Waals surface area contributed by atoms with E-state index in [1.165, 1.54) is 0 Å². The molecule has 68 valence electrons. The van der Waals surface area contributed by atoms with E-state index in [0.29, 0.717) is 11.1 Å². The van der Waals surface area contributed by atoms with E-state index in [1.807, 2.05) is 0 Å². The molecule has 0 radical (unpaired) electrons. The van der Waals surface area contributed by atoms with Gasteiger partial charge in [0.2, 0.25) is 0 Å². The third kappa shape index (κ3) is 1.81. The fraction of sp³-hybridized carbons (Fsp3) is 0.333. The zero-order valence-corrected chi connectivity index (χ0v) is 7.31. The summed E-state index contributed by atoms with van der Waals surface area (Å²) in [5.41, 5.74) is 0.818. The molecule has 0 saturated carbocycles. The van der Waals surface area contributed by atoms with Gasteiger partial charge in [-0.25, -0.2) is 13.8 Å². The van der Waals surface area contributed by atoms with E-state index in [4.69, 9.17) is 5.26 Å². The second-order valence-corrected chi connectivity index (χ2v) is 2.77. The fourth-order valence-corrected chi connectivity index (χ4v) is 1.10. The molecule has 0 aliphatic heterocycles. The summed E-state index contributed by atoms with van der Waals surface area (Å²) < 4.78 is 24.6. The summed E-state index contributed by atoms with van der Waals surface area (Å²) >= 11 is 0. The second kappa shape index (κ2) is 3.48. The number of hydrogen-bond donors (Lipinski definition) is 0. The number of alkyl halides is 2. The normalized spacial score (nSPS) is 10.2. The maximum Gasteiger partial charge on any atom is 0.280 e. The molecule has 0 unspecified atom stereocenters. The molecule has 0 N–H and O–H groups in total. The van der Waals surface area contributed by atoms with Gasteiger partial charge in [0, 0.05) is 0 Å². The third-order valence-electron chi connectivity index (χ3n) is 1.76. The first-order valence-electron chi connectivity index (χ1n) is 3.72. The topological polar surface area (TPSA) is 36.7 Å². The first kappa shape index (κ1) is 9.59. The largest absolute Gasteiger partial charge is 0.280 e. The van der Waals surface area contributed by atoms with E-state index in [2.05, 4.69) is 4.98 Å². The molecule has 1 heterocycles. The van der Waals surface area contributed by atoms with E-state index in [9.17, 15) is 8.78 Å².